The molecule has 0 radical (unpaired) electrons. The van der Waals surface area contributed by atoms with Crippen LogP contribution in [0.25, 0.3) is 69.2 Å². The highest BCUT2D eigenvalue weighted by Crippen LogP contribution is 2.47. The average molecular weight is 617 g/mol. The van der Waals surface area contributed by atoms with Gasteiger partial charge in [0.15, 0.2) is 0 Å². The Morgan fingerprint density at radius 1 is 0.426 bits per heavy atom. The van der Waals surface area contributed by atoms with Gasteiger partial charge in [-0.2, -0.15) is 0 Å². The van der Waals surface area contributed by atoms with E-state index in [1.54, 1.807) is 0 Å². The van der Waals surface area contributed by atoms with E-state index in [-0.39, 0.29) is 0 Å². The molecule has 8 aromatic carbocycles. The minimum atomic E-state index is 1.13. The number of anilines is 3. The Morgan fingerprint density at radius 2 is 1.11 bits per heavy atom. The van der Waals surface area contributed by atoms with Gasteiger partial charge in [-0.25, -0.2) is 0 Å². The normalized spacial score (nSPS) is 11.8. The number of benzene rings is 8. The largest absolute Gasteiger partial charge is 0.310 e. The van der Waals surface area contributed by atoms with E-state index in [1.807, 2.05) is 11.3 Å². The van der Waals surface area contributed by atoms with Crippen molar-refractivity contribution in [2.75, 3.05) is 4.90 Å². The van der Waals surface area contributed by atoms with E-state index >= 15 is 0 Å². The van der Waals surface area contributed by atoms with Gasteiger partial charge in [-0.15, -0.1) is 11.3 Å². The third-order valence-corrected chi connectivity index (χ3v) is 10.7. The zero-order chi connectivity index (χ0) is 30.9. The first-order chi connectivity index (χ1) is 23.3. The number of nitrogens with zero attached hydrogens (tertiary/aromatic N) is 2. The molecular weight excluding hydrogens is 589 g/mol. The summed E-state index contributed by atoms with van der Waals surface area (Å²) in [6.45, 7) is 0. The summed E-state index contributed by atoms with van der Waals surface area (Å²) in [7, 11) is 0. The second-order valence-corrected chi connectivity index (χ2v) is 13.2. The lowest BCUT2D eigenvalue weighted by molar-refractivity contribution is 1.18. The van der Waals surface area contributed by atoms with Crippen LogP contribution >= 0.6 is 11.3 Å². The van der Waals surface area contributed by atoms with Crippen molar-refractivity contribution in [2.45, 2.75) is 0 Å². The highest BCUT2D eigenvalue weighted by atomic mass is 32.1. The van der Waals surface area contributed by atoms with E-state index in [0.29, 0.717) is 0 Å². The number of hydrogen-bond donors (Lipinski definition) is 0. The fourth-order valence-electron chi connectivity index (χ4n) is 7.52. The van der Waals surface area contributed by atoms with Crippen molar-refractivity contribution in [3.63, 3.8) is 0 Å². The van der Waals surface area contributed by atoms with Crippen LogP contribution in [0.4, 0.5) is 17.1 Å². The highest BCUT2D eigenvalue weighted by Gasteiger charge is 2.22. The quantitative estimate of drug-likeness (QED) is 0.191. The Morgan fingerprint density at radius 3 is 1.94 bits per heavy atom. The van der Waals surface area contributed by atoms with Crippen LogP contribution in [0.3, 0.4) is 0 Å². The molecule has 3 heteroatoms. The summed E-state index contributed by atoms with van der Waals surface area (Å²) >= 11 is 1.87. The molecule has 10 rings (SSSR count). The standard InChI is InChI=1S/C44H28N2S/c1-3-14-31(15-4-1)45(33-24-27-40-37(28-33)42-34-18-9-7-12-29(34)23-26-41(42)47-40)38-20-11-21-39-43(38)36-25-22-30-13-8-10-19-35(30)44(36)46(39)32-16-5-2-6-17-32/h1-28H. The first kappa shape index (κ1) is 26.3. The van der Waals surface area contributed by atoms with Crippen LogP contribution in [-0.4, -0.2) is 4.57 Å². The third-order valence-electron chi connectivity index (χ3n) is 9.53. The molecule has 220 valence electrons. The molecule has 0 saturated carbocycles. The Hall–Kier alpha value is -5.90. The summed E-state index contributed by atoms with van der Waals surface area (Å²) in [5.41, 5.74) is 7.01. The molecule has 0 unspecified atom stereocenters. The molecule has 0 N–H and O–H groups in total. The summed E-state index contributed by atoms with van der Waals surface area (Å²) in [5, 5.41) is 10.2. The van der Waals surface area contributed by atoms with Gasteiger partial charge >= 0.3 is 0 Å². The maximum atomic E-state index is 2.45. The number of thiophene rings is 1. The van der Waals surface area contributed by atoms with Crippen molar-refractivity contribution in [2.24, 2.45) is 0 Å². The minimum absolute atomic E-state index is 1.13. The van der Waals surface area contributed by atoms with Crippen LogP contribution in [0.5, 0.6) is 0 Å². The minimum Gasteiger partial charge on any atom is -0.310 e. The maximum Gasteiger partial charge on any atom is 0.0620 e. The number of aromatic nitrogens is 1. The molecule has 0 bridgehead atoms. The molecule has 0 aliphatic rings. The fraction of sp³-hybridized carbons (Fsp3) is 0. The van der Waals surface area contributed by atoms with Crippen molar-refractivity contribution in [3.8, 4) is 5.69 Å². The zero-order valence-corrected chi connectivity index (χ0v) is 26.3. The first-order valence-electron chi connectivity index (χ1n) is 16.0. The van der Waals surface area contributed by atoms with Gasteiger partial charge in [-0.3, -0.25) is 0 Å². The predicted octanol–water partition coefficient (Wildman–Crippen LogP) is 12.9. The number of hydrogen-bond acceptors (Lipinski definition) is 2. The number of para-hydroxylation sites is 2. The van der Waals surface area contributed by atoms with Crippen molar-refractivity contribution in [1.82, 2.24) is 4.57 Å². The Labute approximate surface area is 276 Å². The highest BCUT2D eigenvalue weighted by molar-refractivity contribution is 7.26. The van der Waals surface area contributed by atoms with Crippen LogP contribution in [0.15, 0.2) is 170 Å². The summed E-state index contributed by atoms with van der Waals surface area (Å²) in [4.78, 5) is 2.44. The van der Waals surface area contributed by atoms with E-state index in [1.165, 1.54) is 63.5 Å². The average Bonchev–Trinajstić information content (AvgIpc) is 3.69. The van der Waals surface area contributed by atoms with Gasteiger partial charge in [0, 0.05) is 53.4 Å². The van der Waals surface area contributed by atoms with Crippen molar-refractivity contribution < 1.29 is 0 Å². The van der Waals surface area contributed by atoms with E-state index in [0.717, 1.165) is 22.7 Å². The summed E-state index contributed by atoms with van der Waals surface area (Å²) in [5.74, 6) is 0. The summed E-state index contributed by atoms with van der Waals surface area (Å²) < 4.78 is 5.07. The van der Waals surface area contributed by atoms with Crippen LogP contribution in [0.1, 0.15) is 0 Å². The Bertz CT molecular complexity index is 2790. The summed E-state index contributed by atoms with van der Waals surface area (Å²) in [6, 6.07) is 61.9. The van der Waals surface area contributed by atoms with Gasteiger partial charge in [0.1, 0.15) is 0 Å². The van der Waals surface area contributed by atoms with Gasteiger partial charge in [0.05, 0.1) is 16.7 Å². The van der Waals surface area contributed by atoms with E-state index in [9.17, 15) is 0 Å². The van der Waals surface area contributed by atoms with Crippen LogP contribution in [-0.2, 0) is 0 Å². The molecule has 2 nitrogen and oxygen atoms in total. The van der Waals surface area contributed by atoms with Gasteiger partial charge in [-0.05, 0) is 76.8 Å². The van der Waals surface area contributed by atoms with Gasteiger partial charge in [0.25, 0.3) is 0 Å². The van der Waals surface area contributed by atoms with Gasteiger partial charge < -0.3 is 9.47 Å². The summed E-state index contributed by atoms with van der Waals surface area (Å²) in [6.07, 6.45) is 0. The predicted molar refractivity (Wildman–Crippen MR) is 203 cm³/mol. The molecule has 0 saturated heterocycles. The molecular formula is C44H28N2S. The first-order valence-corrected chi connectivity index (χ1v) is 16.8. The number of fused-ring (bicyclic) bond motifs is 10. The fourth-order valence-corrected chi connectivity index (χ4v) is 8.62. The smallest absolute Gasteiger partial charge is 0.0620 e. The Kier molecular flexibility index (Phi) is 5.78. The molecule has 2 aromatic heterocycles. The lowest BCUT2D eigenvalue weighted by Gasteiger charge is -2.26. The van der Waals surface area contributed by atoms with Gasteiger partial charge in [-0.1, -0.05) is 109 Å². The van der Waals surface area contributed by atoms with Gasteiger partial charge in [0.2, 0.25) is 0 Å². The van der Waals surface area contributed by atoms with Crippen molar-refractivity contribution in [3.05, 3.63) is 170 Å². The molecule has 0 amide bonds. The lowest BCUT2D eigenvalue weighted by Crippen LogP contribution is -2.10. The molecule has 2 heterocycles. The monoisotopic (exact) mass is 616 g/mol. The van der Waals surface area contributed by atoms with E-state index in [2.05, 4.69) is 179 Å². The second-order valence-electron chi connectivity index (χ2n) is 12.1. The van der Waals surface area contributed by atoms with Crippen molar-refractivity contribution >= 4 is 91.9 Å². The van der Waals surface area contributed by atoms with Crippen LogP contribution < -0.4 is 4.90 Å². The molecule has 0 fully saturated rings. The Balaban J connectivity index is 1.32. The molecule has 0 spiro atoms. The second kappa shape index (κ2) is 10.3. The molecule has 0 aliphatic heterocycles. The topological polar surface area (TPSA) is 8.17 Å². The van der Waals surface area contributed by atoms with Crippen LogP contribution in [0.2, 0.25) is 0 Å². The third kappa shape index (κ3) is 3.97. The molecule has 0 aliphatic carbocycles. The van der Waals surface area contributed by atoms with Crippen LogP contribution in [0, 0.1) is 0 Å². The zero-order valence-electron chi connectivity index (χ0n) is 25.5. The SMILES string of the molecule is c1ccc(N(c2ccc3sc4ccc5ccccc5c4c3c2)c2cccc3c2c2ccc4ccccc4c2n3-c2ccccc2)cc1. The number of rotatable bonds is 4. The maximum absolute atomic E-state index is 2.45. The van der Waals surface area contributed by atoms with Crippen molar-refractivity contribution in [1.29, 1.82) is 0 Å². The molecule has 10 aromatic rings. The van der Waals surface area contributed by atoms with E-state index in [4.69, 9.17) is 0 Å². The molecule has 47 heavy (non-hydrogen) atoms. The van der Waals surface area contributed by atoms with E-state index < -0.39 is 0 Å². The lowest BCUT2D eigenvalue weighted by atomic mass is 10.0. The molecule has 0 atom stereocenters.